The van der Waals surface area contributed by atoms with Gasteiger partial charge in [0.2, 0.25) is 0 Å². The molecule has 1 atom stereocenters. The van der Waals surface area contributed by atoms with E-state index in [-0.39, 0.29) is 34.8 Å². The molecular weight excluding hydrogens is 491 g/mol. The van der Waals surface area contributed by atoms with Crippen molar-refractivity contribution in [3.05, 3.63) is 94.5 Å². The maximum Gasteiger partial charge on any atom is 0.417 e. The molecule has 0 amide bonds. The molecule has 0 saturated heterocycles. The number of carbonyl (C=O) groups is 1. The minimum atomic E-state index is -4.83. The van der Waals surface area contributed by atoms with Crippen molar-refractivity contribution in [3.63, 3.8) is 0 Å². The van der Waals surface area contributed by atoms with Gasteiger partial charge in [0.1, 0.15) is 39.8 Å². The Labute approximate surface area is 211 Å². The smallest absolute Gasteiger partial charge is 0.417 e. The van der Waals surface area contributed by atoms with Crippen LogP contribution in [-0.2, 0) is 24.1 Å². The van der Waals surface area contributed by atoms with Crippen LogP contribution in [0.3, 0.4) is 0 Å². The maximum atomic E-state index is 14.2. The highest BCUT2D eigenvalue weighted by atomic mass is 32.2. The summed E-state index contributed by atoms with van der Waals surface area (Å²) in [5.74, 6) is -0.919. The third kappa shape index (κ3) is 6.89. The number of benzene rings is 3. The molecule has 3 aromatic carbocycles. The highest BCUT2D eigenvalue weighted by Crippen LogP contribution is 2.40. The first-order chi connectivity index (χ1) is 16.9. The molecule has 0 aliphatic carbocycles. The normalized spacial score (nSPS) is 13.0. The molecule has 9 heteroatoms. The van der Waals surface area contributed by atoms with Gasteiger partial charge in [-0.15, -0.1) is 0 Å². The molecule has 0 radical (unpaired) electrons. The predicted molar refractivity (Wildman–Crippen MR) is 134 cm³/mol. The van der Waals surface area contributed by atoms with Gasteiger partial charge in [0.15, 0.2) is 0 Å². The zero-order chi connectivity index (χ0) is 26.5. The van der Waals surface area contributed by atoms with Gasteiger partial charge >= 0.3 is 12.1 Å². The first kappa shape index (κ1) is 27.3. The third-order valence-corrected chi connectivity index (χ3v) is 6.41. The van der Waals surface area contributed by atoms with Crippen molar-refractivity contribution in [1.29, 1.82) is 0 Å². The van der Waals surface area contributed by atoms with E-state index in [1.54, 1.807) is 63.2 Å². The molecule has 190 valence electrons. The Bertz CT molecular complexity index is 1220. The van der Waals surface area contributed by atoms with Crippen LogP contribution in [0.15, 0.2) is 71.1 Å². The van der Waals surface area contributed by atoms with E-state index in [0.717, 1.165) is 17.8 Å². The standard InChI is InChI=1S/C27H26F3NO4S/c1-18-23(25(32)35-21-13-9-6-10-14-21)22(34-17-19-11-7-5-8-12-19)15-20(24(18)27(28,29)30)16-31-36(33)26(2,3)4/h5-16H,17H2,1-4H3/b31-16-/t36-/m0/s1. The van der Waals surface area contributed by atoms with Crippen LogP contribution in [0.5, 0.6) is 11.5 Å². The summed E-state index contributed by atoms with van der Waals surface area (Å²) >= 11 is -1.79. The quantitative estimate of drug-likeness (QED) is 0.151. The fourth-order valence-corrected chi connectivity index (χ4v) is 3.83. The van der Waals surface area contributed by atoms with E-state index in [2.05, 4.69) is 4.40 Å². The third-order valence-electron chi connectivity index (χ3n) is 5.06. The first-order valence-corrected chi connectivity index (χ1v) is 12.1. The molecule has 0 aliphatic heterocycles. The van der Waals surface area contributed by atoms with Crippen LogP contribution in [0.2, 0.25) is 0 Å². The van der Waals surface area contributed by atoms with Gasteiger partial charge in [0.05, 0.1) is 11.8 Å². The summed E-state index contributed by atoms with van der Waals surface area (Å²) in [5, 5.41) is 0. The molecule has 0 unspecified atom stereocenters. The second-order valence-corrected chi connectivity index (χ2v) is 10.8. The Balaban J connectivity index is 2.14. The van der Waals surface area contributed by atoms with E-state index in [9.17, 15) is 22.5 Å². The van der Waals surface area contributed by atoms with E-state index in [1.807, 2.05) is 6.07 Å². The number of ether oxygens (including phenoxy) is 2. The zero-order valence-electron chi connectivity index (χ0n) is 20.3. The average molecular weight is 518 g/mol. The van der Waals surface area contributed by atoms with Gasteiger partial charge in [-0.2, -0.15) is 13.2 Å². The van der Waals surface area contributed by atoms with Crippen LogP contribution in [0.25, 0.3) is 0 Å². The number of hydrogen-bond donors (Lipinski definition) is 0. The Morgan fingerprint density at radius 3 is 2.17 bits per heavy atom. The van der Waals surface area contributed by atoms with Crippen molar-refractivity contribution in [1.82, 2.24) is 0 Å². The molecule has 3 rings (SSSR count). The van der Waals surface area contributed by atoms with Crippen LogP contribution in [0.1, 0.15) is 53.4 Å². The molecule has 0 N–H and O–H groups in total. The Kier molecular flexibility index (Phi) is 8.47. The summed E-state index contributed by atoms with van der Waals surface area (Å²) in [4.78, 5) is 13.1. The number of halogens is 3. The molecule has 0 fully saturated rings. The van der Waals surface area contributed by atoms with Crippen molar-refractivity contribution in [2.75, 3.05) is 0 Å². The second kappa shape index (κ2) is 11.2. The van der Waals surface area contributed by atoms with Gasteiger partial charge in [-0.3, -0.25) is 0 Å². The Morgan fingerprint density at radius 2 is 1.61 bits per heavy atom. The maximum absolute atomic E-state index is 14.2. The first-order valence-electron chi connectivity index (χ1n) is 11.0. The molecule has 0 spiro atoms. The van der Waals surface area contributed by atoms with Gasteiger partial charge in [0, 0.05) is 5.56 Å². The van der Waals surface area contributed by atoms with Gasteiger partial charge in [-0.1, -0.05) is 52.9 Å². The average Bonchev–Trinajstić information content (AvgIpc) is 2.80. The van der Waals surface area contributed by atoms with E-state index in [1.165, 1.54) is 19.1 Å². The van der Waals surface area contributed by atoms with Gasteiger partial charge in [-0.05, 0) is 57.0 Å². The number of rotatable bonds is 7. The highest BCUT2D eigenvalue weighted by molar-refractivity contribution is 7.91. The lowest BCUT2D eigenvalue weighted by Crippen LogP contribution is -2.26. The number of hydrogen-bond acceptors (Lipinski definition) is 5. The van der Waals surface area contributed by atoms with Crippen molar-refractivity contribution in [2.45, 2.75) is 45.2 Å². The van der Waals surface area contributed by atoms with E-state index >= 15 is 0 Å². The molecule has 0 aliphatic rings. The lowest BCUT2D eigenvalue weighted by Gasteiger charge is -2.21. The largest absolute Gasteiger partial charge is 0.591 e. The van der Waals surface area contributed by atoms with Crippen molar-refractivity contribution in [3.8, 4) is 11.5 Å². The van der Waals surface area contributed by atoms with Crippen LogP contribution < -0.4 is 9.47 Å². The predicted octanol–water partition coefficient (Wildman–Crippen LogP) is 6.69. The molecule has 3 aromatic rings. The summed E-state index contributed by atoms with van der Waals surface area (Å²) < 4.78 is 69.2. The van der Waals surface area contributed by atoms with Crippen LogP contribution >= 0.6 is 0 Å². The SMILES string of the molecule is Cc1c(C(=O)Oc2ccccc2)c(OCc2ccccc2)cc(/C=N\[S@@+]([O-])C(C)(C)C)c1C(F)(F)F. The second-order valence-electron chi connectivity index (χ2n) is 8.91. The molecule has 0 heterocycles. The van der Waals surface area contributed by atoms with Crippen LogP contribution in [0.4, 0.5) is 13.2 Å². The molecule has 36 heavy (non-hydrogen) atoms. The number of para-hydroxylation sites is 1. The van der Waals surface area contributed by atoms with Gasteiger partial charge < -0.3 is 14.0 Å². The Hall–Kier alpha value is -3.30. The van der Waals surface area contributed by atoms with Crippen LogP contribution in [0, 0.1) is 6.92 Å². The molecule has 0 aromatic heterocycles. The molecular formula is C27H26F3NO4S. The summed E-state index contributed by atoms with van der Waals surface area (Å²) in [7, 11) is 0. The topological polar surface area (TPSA) is 71.0 Å². The molecule has 0 bridgehead atoms. The van der Waals surface area contributed by atoms with Crippen molar-refractivity contribution in [2.24, 2.45) is 4.40 Å². The van der Waals surface area contributed by atoms with Crippen LogP contribution in [-0.4, -0.2) is 21.5 Å². The Morgan fingerprint density at radius 1 is 1.03 bits per heavy atom. The number of alkyl halides is 3. The van der Waals surface area contributed by atoms with Gasteiger partial charge in [0.25, 0.3) is 0 Å². The fraction of sp³-hybridized carbons (Fsp3) is 0.259. The summed E-state index contributed by atoms with van der Waals surface area (Å²) in [6, 6.07) is 18.1. The fourth-order valence-electron chi connectivity index (χ4n) is 3.30. The zero-order valence-corrected chi connectivity index (χ0v) is 21.1. The molecule has 0 saturated carbocycles. The molecule has 5 nitrogen and oxygen atoms in total. The van der Waals surface area contributed by atoms with Gasteiger partial charge in [-0.25, -0.2) is 4.79 Å². The number of nitrogens with zero attached hydrogens (tertiary/aromatic N) is 1. The van der Waals surface area contributed by atoms with E-state index < -0.39 is 33.8 Å². The minimum absolute atomic E-state index is 0.00175. The van der Waals surface area contributed by atoms with E-state index in [4.69, 9.17) is 9.47 Å². The lowest BCUT2D eigenvalue weighted by atomic mass is 9.95. The summed E-state index contributed by atoms with van der Waals surface area (Å²) in [6.45, 7) is 6.16. The van der Waals surface area contributed by atoms with Crippen molar-refractivity contribution >= 4 is 23.5 Å². The number of esters is 1. The summed E-state index contributed by atoms with van der Waals surface area (Å²) in [6.07, 6.45) is -3.91. The van der Waals surface area contributed by atoms with E-state index in [0.29, 0.717) is 0 Å². The number of carbonyl (C=O) groups excluding carboxylic acids is 1. The lowest BCUT2D eigenvalue weighted by molar-refractivity contribution is -0.138. The summed E-state index contributed by atoms with van der Waals surface area (Å²) in [5.41, 5.74) is -1.42. The minimum Gasteiger partial charge on any atom is -0.591 e. The van der Waals surface area contributed by atoms with Crippen molar-refractivity contribution < 1.29 is 32.0 Å². The highest BCUT2D eigenvalue weighted by Gasteiger charge is 2.39. The monoisotopic (exact) mass is 517 g/mol.